The van der Waals surface area contributed by atoms with Gasteiger partial charge in [0, 0.05) is 31.9 Å². The summed E-state index contributed by atoms with van der Waals surface area (Å²) in [5.74, 6) is 1.72. The van der Waals surface area contributed by atoms with Crippen molar-refractivity contribution in [1.82, 2.24) is 0 Å². The van der Waals surface area contributed by atoms with Crippen LogP contribution in [-0.4, -0.2) is 11.8 Å². The number of halogens is 3. The molecule has 0 saturated heterocycles. The molecule has 0 N–H and O–H groups in total. The molecule has 0 spiro atoms. The van der Waals surface area contributed by atoms with Gasteiger partial charge in [0.1, 0.15) is 0 Å². The van der Waals surface area contributed by atoms with Crippen LogP contribution in [0.25, 0.3) is 0 Å². The largest absolute Gasteiger partial charge is 0.148 e. The summed E-state index contributed by atoms with van der Waals surface area (Å²) in [7, 11) is 0. The first-order valence-corrected chi connectivity index (χ1v) is 7.63. The molecule has 0 aliphatic carbocycles. The average molecular weight is 330 g/mol. The molecule has 1 aromatic heterocycles. The normalized spacial score (nSPS) is 12.4. The molecule has 0 radical (unpaired) electrons. The molecule has 0 saturated carbocycles. The van der Waals surface area contributed by atoms with E-state index in [0.717, 1.165) is 10.9 Å². The van der Waals surface area contributed by atoms with Gasteiger partial charge in [-0.25, -0.2) is 0 Å². The summed E-state index contributed by atoms with van der Waals surface area (Å²) in [6.45, 7) is 4.38. The van der Waals surface area contributed by atoms with Gasteiger partial charge in [0.2, 0.25) is 0 Å². The van der Waals surface area contributed by atoms with Crippen LogP contribution in [0, 0.1) is 11.3 Å². The van der Waals surface area contributed by atoms with Gasteiger partial charge in [-0.3, -0.25) is 0 Å². The van der Waals surface area contributed by atoms with E-state index >= 15 is 0 Å². The van der Waals surface area contributed by atoms with Crippen LogP contribution < -0.4 is 0 Å². The van der Waals surface area contributed by atoms with Gasteiger partial charge in [-0.2, -0.15) is 0 Å². The molecular weight excluding hydrogens is 315 g/mol. The topological polar surface area (TPSA) is 0 Å². The lowest BCUT2D eigenvalue weighted by Gasteiger charge is -2.33. The van der Waals surface area contributed by atoms with Gasteiger partial charge in [0.05, 0.1) is 0 Å². The van der Waals surface area contributed by atoms with E-state index < -0.39 is 0 Å². The van der Waals surface area contributed by atoms with E-state index in [9.17, 15) is 0 Å². The van der Waals surface area contributed by atoms with Gasteiger partial charge in [0.25, 0.3) is 0 Å². The SMILES string of the molecule is CC(C)C(CCl)(CCl)Cc1cc(Br)cs1. The fraction of sp³-hybridized carbons (Fsp3) is 0.636. The zero-order valence-electron chi connectivity index (χ0n) is 8.90. The first-order chi connectivity index (χ1) is 7.04. The molecule has 1 heterocycles. The maximum absolute atomic E-state index is 6.08. The monoisotopic (exact) mass is 328 g/mol. The predicted octanol–water partition coefficient (Wildman–Crippen LogP) is 5.17. The van der Waals surface area contributed by atoms with Crippen LogP contribution in [0.15, 0.2) is 15.9 Å². The smallest absolute Gasteiger partial charge is 0.0297 e. The van der Waals surface area contributed by atoms with Crippen LogP contribution in [0.3, 0.4) is 0 Å². The van der Waals surface area contributed by atoms with E-state index in [1.807, 2.05) is 0 Å². The van der Waals surface area contributed by atoms with E-state index in [2.05, 4.69) is 41.2 Å². The quantitative estimate of drug-likeness (QED) is 0.653. The Kier molecular flexibility index (Phi) is 5.44. The van der Waals surface area contributed by atoms with Crippen molar-refractivity contribution in [2.75, 3.05) is 11.8 Å². The third kappa shape index (κ3) is 3.36. The molecule has 0 aromatic carbocycles. The molecule has 0 unspecified atom stereocenters. The van der Waals surface area contributed by atoms with Crippen molar-refractivity contribution in [3.8, 4) is 0 Å². The number of hydrogen-bond acceptors (Lipinski definition) is 1. The van der Waals surface area contributed by atoms with Crippen molar-refractivity contribution in [2.45, 2.75) is 20.3 Å². The first-order valence-electron chi connectivity index (χ1n) is 4.89. The minimum atomic E-state index is 0.0212. The Hall–Kier alpha value is 0.760. The van der Waals surface area contributed by atoms with Crippen molar-refractivity contribution in [3.63, 3.8) is 0 Å². The van der Waals surface area contributed by atoms with Gasteiger partial charge in [-0.05, 0) is 34.3 Å². The van der Waals surface area contributed by atoms with Crippen LogP contribution in [-0.2, 0) is 6.42 Å². The summed E-state index contributed by atoms with van der Waals surface area (Å²) < 4.78 is 1.14. The Labute approximate surface area is 114 Å². The van der Waals surface area contributed by atoms with Crippen LogP contribution in [0.1, 0.15) is 18.7 Å². The molecule has 0 bridgehead atoms. The zero-order valence-corrected chi connectivity index (χ0v) is 12.8. The van der Waals surface area contributed by atoms with Crippen LogP contribution >= 0.6 is 50.5 Å². The number of hydrogen-bond donors (Lipinski definition) is 0. The van der Waals surface area contributed by atoms with Crippen LogP contribution in [0.4, 0.5) is 0 Å². The first kappa shape index (κ1) is 13.8. The van der Waals surface area contributed by atoms with Crippen LogP contribution in [0.5, 0.6) is 0 Å². The van der Waals surface area contributed by atoms with Gasteiger partial charge >= 0.3 is 0 Å². The highest BCUT2D eigenvalue weighted by Gasteiger charge is 2.32. The van der Waals surface area contributed by atoms with Crippen molar-refractivity contribution < 1.29 is 0 Å². The molecule has 4 heteroatoms. The maximum Gasteiger partial charge on any atom is 0.0297 e. The van der Waals surface area contributed by atoms with Crippen molar-refractivity contribution >= 4 is 50.5 Å². The lowest BCUT2D eigenvalue weighted by molar-refractivity contribution is 0.260. The molecule has 1 aromatic rings. The molecule has 0 aliphatic rings. The lowest BCUT2D eigenvalue weighted by atomic mass is 9.77. The molecule has 0 atom stereocenters. The molecule has 0 fully saturated rings. The van der Waals surface area contributed by atoms with E-state index in [4.69, 9.17) is 23.2 Å². The molecule has 86 valence electrons. The zero-order chi connectivity index (χ0) is 11.5. The Morgan fingerprint density at radius 3 is 2.33 bits per heavy atom. The Bertz CT molecular complexity index is 305. The highest BCUT2D eigenvalue weighted by atomic mass is 79.9. The fourth-order valence-electron chi connectivity index (χ4n) is 1.44. The molecule has 0 aliphatic heterocycles. The highest BCUT2D eigenvalue weighted by Crippen LogP contribution is 2.36. The Morgan fingerprint density at radius 2 is 2.00 bits per heavy atom. The summed E-state index contributed by atoms with van der Waals surface area (Å²) in [6, 6.07) is 2.15. The van der Waals surface area contributed by atoms with Gasteiger partial charge in [-0.15, -0.1) is 34.5 Å². The maximum atomic E-state index is 6.08. The second-order valence-electron chi connectivity index (χ2n) is 4.19. The molecule has 15 heavy (non-hydrogen) atoms. The third-order valence-electron chi connectivity index (χ3n) is 2.91. The van der Waals surface area contributed by atoms with Gasteiger partial charge < -0.3 is 0 Å². The molecule has 1 rings (SSSR count). The number of thiophene rings is 1. The van der Waals surface area contributed by atoms with Gasteiger partial charge in [-0.1, -0.05) is 13.8 Å². The predicted molar refractivity (Wildman–Crippen MR) is 74.4 cm³/mol. The van der Waals surface area contributed by atoms with Crippen molar-refractivity contribution in [2.24, 2.45) is 11.3 Å². The van der Waals surface area contributed by atoms with Crippen molar-refractivity contribution in [3.05, 3.63) is 20.8 Å². The highest BCUT2D eigenvalue weighted by molar-refractivity contribution is 9.10. The Morgan fingerprint density at radius 1 is 1.40 bits per heavy atom. The fourth-order valence-corrected chi connectivity index (χ4v) is 4.13. The number of alkyl halides is 2. The summed E-state index contributed by atoms with van der Waals surface area (Å²) in [5, 5.41) is 2.10. The number of rotatable bonds is 5. The summed E-state index contributed by atoms with van der Waals surface area (Å²) in [6.07, 6.45) is 0.966. The van der Waals surface area contributed by atoms with Crippen molar-refractivity contribution in [1.29, 1.82) is 0 Å². The standard InChI is InChI=1S/C11H15BrCl2S/c1-8(2)11(6-13,7-14)4-10-3-9(12)5-15-10/h3,5,8H,4,6-7H2,1-2H3. The van der Waals surface area contributed by atoms with E-state index in [1.54, 1.807) is 11.3 Å². The summed E-state index contributed by atoms with van der Waals surface area (Å²) in [5.41, 5.74) is 0.0212. The lowest BCUT2D eigenvalue weighted by Crippen LogP contribution is -2.33. The second-order valence-corrected chi connectivity index (χ2v) is 6.64. The second kappa shape index (κ2) is 5.90. The average Bonchev–Trinajstić information content (AvgIpc) is 2.60. The van der Waals surface area contributed by atoms with Gasteiger partial charge in [0.15, 0.2) is 0 Å². The molecular formula is C11H15BrCl2S. The molecule has 0 amide bonds. The van der Waals surface area contributed by atoms with E-state index in [1.165, 1.54) is 4.88 Å². The Balaban J connectivity index is 2.83. The van der Waals surface area contributed by atoms with E-state index in [-0.39, 0.29) is 5.41 Å². The minimum absolute atomic E-state index is 0.0212. The minimum Gasteiger partial charge on any atom is -0.148 e. The van der Waals surface area contributed by atoms with E-state index in [0.29, 0.717) is 17.7 Å². The summed E-state index contributed by atoms with van der Waals surface area (Å²) >= 11 is 17.4. The molecule has 0 nitrogen and oxygen atoms in total. The summed E-state index contributed by atoms with van der Waals surface area (Å²) in [4.78, 5) is 1.34. The van der Waals surface area contributed by atoms with Crippen LogP contribution in [0.2, 0.25) is 0 Å². The third-order valence-corrected chi connectivity index (χ3v) is 5.67.